The molecule has 0 aliphatic rings. The Hall–Kier alpha value is -1.67. The summed E-state index contributed by atoms with van der Waals surface area (Å²) in [6.07, 6.45) is 6.28. The number of rotatable bonds is 8. The van der Waals surface area contributed by atoms with Crippen LogP contribution in [0.4, 0.5) is 0 Å². The number of carboxylic acid groups (broad SMARTS) is 2. The SMILES string of the molecule is C=CC(=O)O.CCCCC=C(C)C(=O)O.CCCS(=O)(=O)OC. The molecule has 0 aromatic heterocycles. The normalized spacial score (nSPS) is 10.5. The molecule has 23 heavy (non-hydrogen) atoms. The highest BCUT2D eigenvalue weighted by Crippen LogP contribution is 2.00. The van der Waals surface area contributed by atoms with Crippen LogP contribution in [0, 0.1) is 0 Å². The van der Waals surface area contributed by atoms with Crippen molar-refractivity contribution in [2.24, 2.45) is 0 Å². The van der Waals surface area contributed by atoms with Gasteiger partial charge in [-0.3, -0.25) is 4.18 Å². The third-order valence-corrected chi connectivity index (χ3v) is 3.64. The maximum absolute atomic E-state index is 10.4. The van der Waals surface area contributed by atoms with Crippen LogP contribution in [0.3, 0.4) is 0 Å². The first kappa shape index (κ1) is 26.2. The fourth-order valence-corrected chi connectivity index (χ4v) is 1.61. The van der Waals surface area contributed by atoms with Gasteiger partial charge in [0.25, 0.3) is 10.1 Å². The minimum Gasteiger partial charge on any atom is -0.478 e. The molecule has 0 aromatic rings. The lowest BCUT2D eigenvalue weighted by molar-refractivity contribution is -0.133. The molecule has 0 amide bonds. The molecule has 0 aliphatic carbocycles. The third kappa shape index (κ3) is 25.6. The van der Waals surface area contributed by atoms with Crippen LogP contribution in [-0.2, 0) is 23.9 Å². The molecule has 0 saturated heterocycles. The standard InChI is InChI=1S/C8H14O2.C4H10O3S.C3H4O2/c1-3-4-5-6-7(2)8(9)10;1-3-4-8(5,6)7-2;1-2-3(4)5/h6H,3-5H2,1-2H3,(H,9,10);3-4H2,1-2H3;2H,1H2,(H,4,5). The summed E-state index contributed by atoms with van der Waals surface area (Å²) in [6, 6.07) is 0. The molecule has 0 heterocycles. The highest BCUT2D eigenvalue weighted by atomic mass is 32.2. The van der Waals surface area contributed by atoms with E-state index in [1.807, 2.05) is 0 Å². The van der Waals surface area contributed by atoms with E-state index in [1.165, 1.54) is 7.11 Å². The van der Waals surface area contributed by atoms with Crippen molar-refractivity contribution in [1.29, 1.82) is 0 Å². The molecule has 0 fully saturated rings. The maximum Gasteiger partial charge on any atom is 0.330 e. The average molecular weight is 352 g/mol. The highest BCUT2D eigenvalue weighted by molar-refractivity contribution is 7.86. The van der Waals surface area contributed by atoms with Crippen LogP contribution in [0.25, 0.3) is 0 Å². The Morgan fingerprint density at radius 1 is 1.17 bits per heavy atom. The van der Waals surface area contributed by atoms with E-state index in [0.717, 1.165) is 25.3 Å². The van der Waals surface area contributed by atoms with E-state index < -0.39 is 22.1 Å². The fraction of sp³-hybridized carbons (Fsp3) is 0.600. The Bertz CT molecular complexity index is 464. The molecule has 0 aromatic carbocycles. The van der Waals surface area contributed by atoms with Crippen LogP contribution in [-0.4, -0.2) is 43.4 Å². The Morgan fingerprint density at radius 2 is 1.65 bits per heavy atom. The predicted octanol–water partition coefficient (Wildman–Crippen LogP) is 2.84. The third-order valence-electron chi connectivity index (χ3n) is 2.23. The summed E-state index contributed by atoms with van der Waals surface area (Å²) in [6.45, 7) is 8.46. The lowest BCUT2D eigenvalue weighted by Gasteiger charge is -1.94. The zero-order chi connectivity index (χ0) is 18.9. The molecule has 0 aliphatic heterocycles. The molecule has 0 unspecified atom stereocenters. The van der Waals surface area contributed by atoms with Crippen molar-refractivity contribution in [2.75, 3.05) is 12.9 Å². The molecule has 2 N–H and O–H groups in total. The van der Waals surface area contributed by atoms with E-state index >= 15 is 0 Å². The Balaban J connectivity index is -0.000000276. The number of allylic oxidation sites excluding steroid dienone is 1. The first-order valence-electron chi connectivity index (χ1n) is 7.11. The van der Waals surface area contributed by atoms with E-state index in [1.54, 1.807) is 19.9 Å². The number of hydrogen-bond acceptors (Lipinski definition) is 5. The van der Waals surface area contributed by atoms with Gasteiger partial charge in [-0.2, -0.15) is 8.42 Å². The Morgan fingerprint density at radius 3 is 1.87 bits per heavy atom. The number of aliphatic carboxylic acids is 2. The molecule has 8 heteroatoms. The molecule has 0 rings (SSSR count). The number of carboxylic acids is 2. The maximum atomic E-state index is 10.4. The van der Waals surface area contributed by atoms with Crippen LogP contribution >= 0.6 is 0 Å². The molecule has 0 radical (unpaired) electrons. The first-order valence-corrected chi connectivity index (χ1v) is 8.69. The lowest BCUT2D eigenvalue weighted by Crippen LogP contribution is -2.05. The van der Waals surface area contributed by atoms with Crippen LogP contribution in [0.15, 0.2) is 24.3 Å². The number of unbranched alkanes of at least 4 members (excludes halogenated alkanes) is 2. The van der Waals surface area contributed by atoms with E-state index in [9.17, 15) is 18.0 Å². The van der Waals surface area contributed by atoms with Crippen LogP contribution < -0.4 is 0 Å². The second-order valence-corrected chi connectivity index (χ2v) is 6.16. The molecule has 0 bridgehead atoms. The molecular weight excluding hydrogens is 324 g/mol. The zero-order valence-corrected chi connectivity index (χ0v) is 15.1. The van der Waals surface area contributed by atoms with Gasteiger partial charge in [-0.25, -0.2) is 9.59 Å². The molecular formula is C15H28O7S. The van der Waals surface area contributed by atoms with Crippen LogP contribution in [0.5, 0.6) is 0 Å². The first-order chi connectivity index (χ1) is 10.6. The van der Waals surface area contributed by atoms with Crippen LogP contribution in [0.2, 0.25) is 0 Å². The number of carbonyl (C=O) groups is 2. The smallest absolute Gasteiger partial charge is 0.330 e. The second kappa shape index (κ2) is 16.7. The van der Waals surface area contributed by atoms with Crippen molar-refractivity contribution >= 4 is 22.1 Å². The summed E-state index contributed by atoms with van der Waals surface area (Å²) in [5.74, 6) is -1.68. The summed E-state index contributed by atoms with van der Waals surface area (Å²) in [5, 5.41) is 16.0. The summed E-state index contributed by atoms with van der Waals surface area (Å²) < 4.78 is 24.9. The minimum atomic E-state index is -3.17. The molecule has 0 atom stereocenters. The van der Waals surface area contributed by atoms with Gasteiger partial charge in [-0.15, -0.1) is 0 Å². The minimum absolute atomic E-state index is 0.115. The Kier molecular flexibility index (Phi) is 19.0. The van der Waals surface area contributed by atoms with Gasteiger partial charge in [0.15, 0.2) is 0 Å². The van der Waals surface area contributed by atoms with Gasteiger partial charge in [-0.1, -0.05) is 39.3 Å². The van der Waals surface area contributed by atoms with Crippen molar-refractivity contribution in [2.45, 2.75) is 46.5 Å². The molecule has 136 valence electrons. The largest absolute Gasteiger partial charge is 0.478 e. The van der Waals surface area contributed by atoms with Gasteiger partial charge < -0.3 is 10.2 Å². The summed E-state index contributed by atoms with van der Waals surface area (Å²) in [4.78, 5) is 19.5. The van der Waals surface area contributed by atoms with Crippen molar-refractivity contribution in [3.8, 4) is 0 Å². The average Bonchev–Trinajstić information content (AvgIpc) is 2.48. The second-order valence-electron chi connectivity index (χ2n) is 4.31. The van der Waals surface area contributed by atoms with Crippen molar-refractivity contribution in [3.63, 3.8) is 0 Å². The van der Waals surface area contributed by atoms with E-state index in [0.29, 0.717) is 12.0 Å². The Labute approximate surface area is 138 Å². The number of hydrogen-bond donors (Lipinski definition) is 2. The molecule has 0 spiro atoms. The fourth-order valence-electron chi connectivity index (χ4n) is 0.943. The van der Waals surface area contributed by atoms with E-state index in [4.69, 9.17) is 10.2 Å². The summed E-state index contributed by atoms with van der Waals surface area (Å²) in [7, 11) is -2.00. The van der Waals surface area contributed by atoms with E-state index in [-0.39, 0.29) is 5.75 Å². The van der Waals surface area contributed by atoms with Crippen molar-refractivity contribution in [1.82, 2.24) is 0 Å². The van der Waals surface area contributed by atoms with Gasteiger partial charge in [0.2, 0.25) is 0 Å². The van der Waals surface area contributed by atoms with Gasteiger partial charge in [-0.05, 0) is 19.8 Å². The van der Waals surface area contributed by atoms with E-state index in [2.05, 4.69) is 17.7 Å². The summed E-state index contributed by atoms with van der Waals surface area (Å²) in [5.41, 5.74) is 0.452. The molecule has 7 nitrogen and oxygen atoms in total. The van der Waals surface area contributed by atoms with Crippen molar-refractivity contribution < 1.29 is 32.4 Å². The summed E-state index contributed by atoms with van der Waals surface area (Å²) >= 11 is 0. The molecule has 0 saturated carbocycles. The lowest BCUT2D eigenvalue weighted by atomic mass is 10.2. The van der Waals surface area contributed by atoms with Crippen molar-refractivity contribution in [3.05, 3.63) is 24.3 Å². The zero-order valence-electron chi connectivity index (χ0n) is 14.2. The van der Waals surface area contributed by atoms with Gasteiger partial charge in [0.1, 0.15) is 0 Å². The van der Waals surface area contributed by atoms with Gasteiger partial charge in [0, 0.05) is 11.6 Å². The predicted molar refractivity (Wildman–Crippen MR) is 89.8 cm³/mol. The van der Waals surface area contributed by atoms with Gasteiger partial charge in [0.05, 0.1) is 12.9 Å². The monoisotopic (exact) mass is 352 g/mol. The topological polar surface area (TPSA) is 118 Å². The highest BCUT2D eigenvalue weighted by Gasteiger charge is 2.03. The van der Waals surface area contributed by atoms with Crippen LogP contribution in [0.1, 0.15) is 46.5 Å². The quantitative estimate of drug-likeness (QED) is 0.392. The van der Waals surface area contributed by atoms with Gasteiger partial charge >= 0.3 is 11.9 Å².